The molecule has 2 aromatic carbocycles. The van der Waals surface area contributed by atoms with Crippen LogP contribution in [0.25, 0.3) is 0 Å². The second-order valence-corrected chi connectivity index (χ2v) is 9.65. The number of hydrogen-bond donors (Lipinski definition) is 1. The first kappa shape index (κ1) is 22.8. The number of sulfonamides is 1. The van der Waals surface area contributed by atoms with Crippen molar-refractivity contribution in [2.24, 2.45) is 0 Å². The van der Waals surface area contributed by atoms with Gasteiger partial charge in [0.05, 0.1) is 47.8 Å². The highest BCUT2D eigenvalue weighted by molar-refractivity contribution is 7.92. The second-order valence-electron chi connectivity index (χ2n) is 6.95. The fourth-order valence-electron chi connectivity index (χ4n) is 3.20. The van der Waals surface area contributed by atoms with E-state index in [0.717, 1.165) is 19.2 Å². The standard InChI is InChI=1S/C20H23Cl2N3O4S/c1-30(27,28)25(12-15-3-2-4-19(21)20(15)22)17-7-5-16(6-8-17)24(14-26)13-18-11-23-9-10-29-18/h2-8,14,18,23H,9-13H2,1H3. The third-order valence-corrected chi connectivity index (χ3v) is 6.75. The summed E-state index contributed by atoms with van der Waals surface area (Å²) in [5.74, 6) is 0. The number of halogens is 2. The van der Waals surface area contributed by atoms with Crippen molar-refractivity contribution in [3.8, 4) is 0 Å². The van der Waals surface area contributed by atoms with Crippen molar-refractivity contribution in [1.82, 2.24) is 5.32 Å². The van der Waals surface area contributed by atoms with Gasteiger partial charge in [0.25, 0.3) is 0 Å². The van der Waals surface area contributed by atoms with Crippen LogP contribution in [0.2, 0.25) is 10.0 Å². The first-order valence-electron chi connectivity index (χ1n) is 9.34. The van der Waals surface area contributed by atoms with Crippen molar-refractivity contribution < 1.29 is 17.9 Å². The van der Waals surface area contributed by atoms with Crippen molar-refractivity contribution in [3.05, 3.63) is 58.1 Å². The summed E-state index contributed by atoms with van der Waals surface area (Å²) in [7, 11) is -3.59. The number of hydrogen-bond acceptors (Lipinski definition) is 5. The Hall–Kier alpha value is -1.84. The van der Waals surface area contributed by atoms with Crippen LogP contribution in [0.15, 0.2) is 42.5 Å². The number of carbonyl (C=O) groups excluding carboxylic acids is 1. The first-order valence-corrected chi connectivity index (χ1v) is 11.9. The summed E-state index contributed by atoms with van der Waals surface area (Å²) >= 11 is 12.3. The lowest BCUT2D eigenvalue weighted by Crippen LogP contribution is -2.45. The molecule has 1 aliphatic rings. The van der Waals surface area contributed by atoms with Crippen molar-refractivity contribution in [3.63, 3.8) is 0 Å². The third kappa shape index (κ3) is 5.65. The smallest absolute Gasteiger partial charge is 0.232 e. The summed E-state index contributed by atoms with van der Waals surface area (Å²) in [4.78, 5) is 13.1. The Morgan fingerprint density at radius 2 is 1.87 bits per heavy atom. The van der Waals surface area contributed by atoms with Crippen LogP contribution < -0.4 is 14.5 Å². The molecule has 1 fully saturated rings. The van der Waals surface area contributed by atoms with Crippen LogP contribution in [0, 0.1) is 0 Å². The average Bonchev–Trinajstić information content (AvgIpc) is 2.73. The maximum atomic E-state index is 12.4. The molecule has 0 bridgehead atoms. The highest BCUT2D eigenvalue weighted by Crippen LogP contribution is 2.30. The van der Waals surface area contributed by atoms with E-state index >= 15 is 0 Å². The molecule has 0 radical (unpaired) electrons. The topological polar surface area (TPSA) is 79.0 Å². The van der Waals surface area contributed by atoms with Gasteiger partial charge in [0.15, 0.2) is 0 Å². The molecule has 0 spiro atoms. The van der Waals surface area contributed by atoms with Crippen LogP contribution in [-0.4, -0.2) is 53.4 Å². The van der Waals surface area contributed by atoms with Gasteiger partial charge in [0, 0.05) is 18.8 Å². The number of carbonyl (C=O) groups is 1. The Morgan fingerprint density at radius 1 is 1.17 bits per heavy atom. The fraction of sp³-hybridized carbons (Fsp3) is 0.350. The molecule has 2 aromatic rings. The molecule has 1 N–H and O–H groups in total. The molecule has 3 rings (SSSR count). The minimum absolute atomic E-state index is 0.0382. The summed E-state index contributed by atoms with van der Waals surface area (Å²) < 4.78 is 31.8. The predicted molar refractivity (Wildman–Crippen MR) is 120 cm³/mol. The third-order valence-electron chi connectivity index (χ3n) is 4.75. The molecule has 7 nitrogen and oxygen atoms in total. The van der Waals surface area contributed by atoms with Crippen molar-refractivity contribution in [2.75, 3.05) is 41.7 Å². The Morgan fingerprint density at radius 3 is 2.47 bits per heavy atom. The highest BCUT2D eigenvalue weighted by Gasteiger charge is 2.21. The Balaban J connectivity index is 1.81. The summed E-state index contributed by atoms with van der Waals surface area (Å²) in [6, 6.07) is 11.8. The van der Waals surface area contributed by atoms with Gasteiger partial charge in [-0.05, 0) is 35.9 Å². The van der Waals surface area contributed by atoms with Gasteiger partial charge in [0.2, 0.25) is 16.4 Å². The molecule has 1 unspecified atom stereocenters. The van der Waals surface area contributed by atoms with Crippen LogP contribution in [0.4, 0.5) is 11.4 Å². The van der Waals surface area contributed by atoms with Gasteiger partial charge in [-0.3, -0.25) is 9.10 Å². The van der Waals surface area contributed by atoms with E-state index in [2.05, 4.69) is 5.32 Å². The van der Waals surface area contributed by atoms with Crippen molar-refractivity contribution >= 4 is 51.0 Å². The number of morpholine rings is 1. The van der Waals surface area contributed by atoms with Crippen molar-refractivity contribution in [2.45, 2.75) is 12.6 Å². The van der Waals surface area contributed by atoms with E-state index in [9.17, 15) is 13.2 Å². The van der Waals surface area contributed by atoms with E-state index in [1.165, 1.54) is 4.31 Å². The molecular weight excluding hydrogens is 449 g/mol. The normalized spacial score (nSPS) is 16.8. The summed E-state index contributed by atoms with van der Waals surface area (Å²) in [6.45, 7) is 2.51. The van der Waals surface area contributed by atoms with Gasteiger partial charge in [-0.2, -0.15) is 0 Å². The monoisotopic (exact) mass is 471 g/mol. The van der Waals surface area contributed by atoms with Crippen LogP contribution in [0.1, 0.15) is 5.56 Å². The summed E-state index contributed by atoms with van der Waals surface area (Å²) in [6.07, 6.45) is 1.78. The molecule has 1 atom stereocenters. The van der Waals surface area contributed by atoms with Gasteiger partial charge in [-0.25, -0.2) is 8.42 Å². The SMILES string of the molecule is CS(=O)(=O)N(Cc1cccc(Cl)c1Cl)c1ccc(N(C=O)CC2CNCCO2)cc1. The van der Waals surface area contributed by atoms with Crippen LogP contribution in [-0.2, 0) is 26.1 Å². The zero-order chi connectivity index (χ0) is 21.7. The lowest BCUT2D eigenvalue weighted by molar-refractivity contribution is -0.108. The van der Waals surface area contributed by atoms with Gasteiger partial charge in [0.1, 0.15) is 0 Å². The Labute approximate surface area is 186 Å². The largest absolute Gasteiger partial charge is 0.374 e. The maximum Gasteiger partial charge on any atom is 0.232 e. The maximum absolute atomic E-state index is 12.4. The van der Waals surface area contributed by atoms with E-state index in [4.69, 9.17) is 27.9 Å². The number of nitrogens with zero attached hydrogens (tertiary/aromatic N) is 2. The van der Waals surface area contributed by atoms with Gasteiger partial charge in [-0.15, -0.1) is 0 Å². The van der Waals surface area contributed by atoms with E-state index < -0.39 is 10.0 Å². The minimum Gasteiger partial charge on any atom is -0.374 e. The van der Waals surface area contributed by atoms with E-state index in [0.29, 0.717) is 46.7 Å². The molecule has 0 saturated carbocycles. The molecule has 1 saturated heterocycles. The number of benzene rings is 2. The van der Waals surface area contributed by atoms with Gasteiger partial charge < -0.3 is 15.0 Å². The zero-order valence-electron chi connectivity index (χ0n) is 16.4. The predicted octanol–water partition coefficient (Wildman–Crippen LogP) is 2.91. The lowest BCUT2D eigenvalue weighted by Gasteiger charge is -2.28. The van der Waals surface area contributed by atoms with Crippen LogP contribution in [0.3, 0.4) is 0 Å². The molecule has 1 aliphatic heterocycles. The molecule has 30 heavy (non-hydrogen) atoms. The van der Waals surface area contributed by atoms with E-state index in [-0.39, 0.29) is 12.6 Å². The number of nitrogens with one attached hydrogen (secondary N) is 1. The number of rotatable bonds is 8. The summed E-state index contributed by atoms with van der Waals surface area (Å²) in [5, 5.41) is 3.90. The minimum atomic E-state index is -3.59. The Kier molecular flexibility index (Phi) is 7.60. The molecule has 10 heteroatoms. The quantitative estimate of drug-likeness (QED) is 0.598. The van der Waals surface area contributed by atoms with Crippen LogP contribution in [0.5, 0.6) is 0 Å². The highest BCUT2D eigenvalue weighted by atomic mass is 35.5. The number of ether oxygens (including phenoxy) is 1. The molecule has 0 aromatic heterocycles. The average molecular weight is 472 g/mol. The lowest BCUT2D eigenvalue weighted by atomic mass is 10.2. The number of amides is 1. The number of anilines is 2. The molecule has 162 valence electrons. The van der Waals surface area contributed by atoms with Crippen LogP contribution >= 0.6 is 23.2 Å². The molecule has 0 aliphatic carbocycles. The van der Waals surface area contributed by atoms with E-state index in [1.807, 2.05) is 0 Å². The first-order chi connectivity index (χ1) is 14.3. The zero-order valence-corrected chi connectivity index (χ0v) is 18.8. The van der Waals surface area contributed by atoms with Gasteiger partial charge in [-0.1, -0.05) is 35.3 Å². The second kappa shape index (κ2) is 9.98. The molecule has 1 heterocycles. The van der Waals surface area contributed by atoms with E-state index in [1.54, 1.807) is 47.4 Å². The Bertz CT molecular complexity index is 980. The van der Waals surface area contributed by atoms with Gasteiger partial charge >= 0.3 is 0 Å². The fourth-order valence-corrected chi connectivity index (χ4v) is 4.46. The molecule has 1 amide bonds. The summed E-state index contributed by atoms with van der Waals surface area (Å²) in [5.41, 5.74) is 1.70. The molecular formula is C20H23Cl2N3O4S. The van der Waals surface area contributed by atoms with Crippen molar-refractivity contribution in [1.29, 1.82) is 0 Å².